The van der Waals surface area contributed by atoms with Crippen molar-refractivity contribution in [3.05, 3.63) is 0 Å². The fraction of sp³-hybridized carbons (Fsp3) is 1.00. The van der Waals surface area contributed by atoms with Gasteiger partial charge in [0.05, 0.1) is 0 Å². The molecule has 0 saturated carbocycles. The van der Waals surface area contributed by atoms with Gasteiger partial charge in [-0.1, -0.05) is 33.6 Å². The van der Waals surface area contributed by atoms with E-state index in [4.69, 9.17) is 5.84 Å². The first-order chi connectivity index (χ1) is 7.65. The highest BCUT2D eigenvalue weighted by molar-refractivity contribution is 8.07. The van der Waals surface area contributed by atoms with Gasteiger partial charge in [0, 0.05) is 28.0 Å². The molecule has 3 unspecified atom stereocenters. The normalized spacial score (nSPS) is 28.3. The second kappa shape index (κ2) is 7.85. The van der Waals surface area contributed by atoms with Crippen molar-refractivity contribution in [3.8, 4) is 0 Å². The molecule has 1 rings (SSSR count). The van der Waals surface area contributed by atoms with Crippen molar-refractivity contribution in [1.29, 1.82) is 0 Å². The highest BCUT2D eigenvalue weighted by Crippen LogP contribution is 2.34. The Balaban J connectivity index is 2.33. The van der Waals surface area contributed by atoms with E-state index in [0.29, 0.717) is 11.3 Å². The SMILES string of the molecule is CC(C)CCCC(NN)C1SCCSC1C. The summed E-state index contributed by atoms with van der Waals surface area (Å²) in [5, 5.41) is 1.43. The van der Waals surface area contributed by atoms with Crippen LogP contribution in [-0.2, 0) is 0 Å². The molecule has 1 saturated heterocycles. The smallest absolute Gasteiger partial charge is 0.0340 e. The zero-order chi connectivity index (χ0) is 12.0. The molecule has 0 radical (unpaired) electrons. The third-order valence-corrected chi connectivity index (χ3v) is 6.40. The monoisotopic (exact) mass is 262 g/mol. The van der Waals surface area contributed by atoms with Gasteiger partial charge in [0.1, 0.15) is 0 Å². The lowest BCUT2D eigenvalue weighted by molar-refractivity contribution is 0.431. The van der Waals surface area contributed by atoms with Crippen molar-refractivity contribution < 1.29 is 0 Å². The van der Waals surface area contributed by atoms with Crippen LogP contribution in [0.1, 0.15) is 40.0 Å². The van der Waals surface area contributed by atoms with Crippen molar-refractivity contribution in [2.24, 2.45) is 11.8 Å². The predicted octanol–water partition coefficient (Wildman–Crippen LogP) is 2.88. The van der Waals surface area contributed by atoms with Crippen LogP contribution in [0.4, 0.5) is 0 Å². The molecule has 2 nitrogen and oxygen atoms in total. The molecule has 0 spiro atoms. The number of hydrogen-bond acceptors (Lipinski definition) is 4. The third-order valence-electron chi connectivity index (χ3n) is 3.14. The van der Waals surface area contributed by atoms with E-state index in [-0.39, 0.29) is 0 Å². The van der Waals surface area contributed by atoms with E-state index >= 15 is 0 Å². The van der Waals surface area contributed by atoms with Crippen LogP contribution in [0.5, 0.6) is 0 Å². The number of thioether (sulfide) groups is 2. The molecule has 0 amide bonds. The summed E-state index contributed by atoms with van der Waals surface area (Å²) in [4.78, 5) is 0. The summed E-state index contributed by atoms with van der Waals surface area (Å²) in [5.41, 5.74) is 3.04. The summed E-state index contributed by atoms with van der Waals surface area (Å²) in [6, 6.07) is 0.492. The molecule has 0 bridgehead atoms. The van der Waals surface area contributed by atoms with Gasteiger partial charge in [-0.25, -0.2) is 0 Å². The van der Waals surface area contributed by atoms with E-state index in [1.807, 2.05) is 0 Å². The minimum Gasteiger partial charge on any atom is -0.271 e. The number of hydrazine groups is 1. The van der Waals surface area contributed by atoms with Gasteiger partial charge in [0.2, 0.25) is 0 Å². The van der Waals surface area contributed by atoms with Crippen LogP contribution < -0.4 is 11.3 Å². The average molecular weight is 262 g/mol. The molecule has 0 aromatic heterocycles. The number of rotatable bonds is 6. The predicted molar refractivity (Wildman–Crippen MR) is 78.0 cm³/mol. The van der Waals surface area contributed by atoms with E-state index in [9.17, 15) is 0 Å². The first kappa shape index (κ1) is 14.7. The number of nitrogens with two attached hydrogens (primary N) is 1. The molecule has 0 aliphatic carbocycles. The Morgan fingerprint density at radius 2 is 1.94 bits per heavy atom. The summed E-state index contributed by atoms with van der Waals surface area (Å²) in [6.07, 6.45) is 3.83. The van der Waals surface area contributed by atoms with Crippen molar-refractivity contribution in [2.75, 3.05) is 11.5 Å². The summed E-state index contributed by atoms with van der Waals surface area (Å²) in [6.45, 7) is 6.92. The Morgan fingerprint density at radius 1 is 1.25 bits per heavy atom. The van der Waals surface area contributed by atoms with Gasteiger partial charge < -0.3 is 0 Å². The Morgan fingerprint density at radius 3 is 2.50 bits per heavy atom. The second-order valence-corrected chi connectivity index (χ2v) is 7.78. The van der Waals surface area contributed by atoms with Gasteiger partial charge in [-0.15, -0.1) is 0 Å². The summed E-state index contributed by atoms with van der Waals surface area (Å²) >= 11 is 4.19. The zero-order valence-electron chi connectivity index (χ0n) is 10.7. The minimum atomic E-state index is 0.492. The van der Waals surface area contributed by atoms with Crippen molar-refractivity contribution in [1.82, 2.24) is 5.43 Å². The molecule has 1 heterocycles. The van der Waals surface area contributed by atoms with Crippen LogP contribution in [0, 0.1) is 5.92 Å². The summed E-state index contributed by atoms with van der Waals surface area (Å²) in [7, 11) is 0. The maximum absolute atomic E-state index is 5.71. The van der Waals surface area contributed by atoms with Crippen LogP contribution in [0.3, 0.4) is 0 Å². The molecule has 1 aliphatic heterocycles. The van der Waals surface area contributed by atoms with E-state index < -0.39 is 0 Å². The third kappa shape index (κ3) is 4.86. The van der Waals surface area contributed by atoms with Crippen molar-refractivity contribution in [3.63, 3.8) is 0 Å². The molecule has 3 atom stereocenters. The molecule has 4 heteroatoms. The quantitative estimate of drug-likeness (QED) is 0.570. The van der Waals surface area contributed by atoms with E-state index in [1.165, 1.54) is 30.8 Å². The molecule has 3 N–H and O–H groups in total. The summed E-state index contributed by atoms with van der Waals surface area (Å²) in [5.74, 6) is 9.10. The Bertz CT molecular complexity index is 188. The van der Waals surface area contributed by atoms with Gasteiger partial charge in [-0.2, -0.15) is 23.5 Å². The Hall–Kier alpha value is 0.620. The second-order valence-electron chi connectivity index (χ2n) is 5.01. The van der Waals surface area contributed by atoms with Gasteiger partial charge in [-0.05, 0) is 12.3 Å². The fourth-order valence-electron chi connectivity index (χ4n) is 2.18. The van der Waals surface area contributed by atoms with E-state index in [2.05, 4.69) is 49.7 Å². The highest BCUT2D eigenvalue weighted by atomic mass is 32.2. The van der Waals surface area contributed by atoms with Gasteiger partial charge in [0.25, 0.3) is 0 Å². The lowest BCUT2D eigenvalue weighted by Crippen LogP contribution is -2.47. The largest absolute Gasteiger partial charge is 0.271 e. The van der Waals surface area contributed by atoms with Gasteiger partial charge in [0.15, 0.2) is 0 Å². The zero-order valence-corrected chi connectivity index (χ0v) is 12.4. The van der Waals surface area contributed by atoms with Crippen LogP contribution in [0.15, 0.2) is 0 Å². The van der Waals surface area contributed by atoms with Crippen LogP contribution in [0.25, 0.3) is 0 Å². The standard InChI is InChI=1S/C12H26N2S2/c1-9(2)5-4-6-11(14-13)12-10(3)15-7-8-16-12/h9-12,14H,4-8,13H2,1-3H3. The van der Waals surface area contributed by atoms with E-state index in [0.717, 1.165) is 11.2 Å². The number of nitrogens with one attached hydrogen (secondary N) is 1. The van der Waals surface area contributed by atoms with E-state index in [1.54, 1.807) is 0 Å². The molecule has 1 fully saturated rings. The van der Waals surface area contributed by atoms with Crippen molar-refractivity contribution in [2.45, 2.75) is 56.6 Å². The molecular formula is C12H26N2S2. The molecule has 16 heavy (non-hydrogen) atoms. The lowest BCUT2D eigenvalue weighted by Gasteiger charge is -2.34. The average Bonchev–Trinajstić information content (AvgIpc) is 2.25. The summed E-state index contributed by atoms with van der Waals surface area (Å²) < 4.78 is 0. The minimum absolute atomic E-state index is 0.492. The lowest BCUT2D eigenvalue weighted by atomic mass is 10.0. The fourth-order valence-corrected chi connectivity index (χ4v) is 5.16. The first-order valence-electron chi connectivity index (χ1n) is 6.34. The van der Waals surface area contributed by atoms with Crippen molar-refractivity contribution >= 4 is 23.5 Å². The molecule has 1 aliphatic rings. The molecule has 0 aromatic rings. The first-order valence-corrected chi connectivity index (χ1v) is 8.44. The van der Waals surface area contributed by atoms with Crippen LogP contribution >= 0.6 is 23.5 Å². The Kier molecular flexibility index (Phi) is 7.20. The van der Waals surface area contributed by atoms with Crippen LogP contribution in [0.2, 0.25) is 0 Å². The van der Waals surface area contributed by atoms with Crippen LogP contribution in [-0.4, -0.2) is 28.0 Å². The molecule has 96 valence electrons. The maximum atomic E-state index is 5.71. The molecule has 0 aromatic carbocycles. The molecular weight excluding hydrogens is 236 g/mol. The number of hydrogen-bond donors (Lipinski definition) is 2. The van der Waals surface area contributed by atoms with Gasteiger partial charge in [-0.3, -0.25) is 11.3 Å². The Labute approximate surface area is 109 Å². The highest BCUT2D eigenvalue weighted by Gasteiger charge is 2.29. The maximum Gasteiger partial charge on any atom is 0.0340 e. The topological polar surface area (TPSA) is 38.0 Å². The van der Waals surface area contributed by atoms with Gasteiger partial charge >= 0.3 is 0 Å².